The molecule has 20 heavy (non-hydrogen) atoms. The third-order valence-corrected chi connectivity index (χ3v) is 4.04. The average molecular weight is 290 g/mol. The number of H-pyrrole nitrogens is 1. The van der Waals surface area contributed by atoms with Gasteiger partial charge in [0.05, 0.1) is 18.6 Å². The summed E-state index contributed by atoms with van der Waals surface area (Å²) in [6, 6.07) is 1.18. The predicted octanol–water partition coefficient (Wildman–Crippen LogP) is -0.447. The third-order valence-electron chi connectivity index (χ3n) is 4.04. The Morgan fingerprint density at radius 2 is 1.95 bits per heavy atom. The molecule has 0 aromatic carbocycles. The SMILES string of the molecule is O=c1ccn(CCCC2C(F)(F)C2(CO)CO)c(=O)[nH]1. The van der Waals surface area contributed by atoms with Crippen molar-refractivity contribution in [1.82, 2.24) is 9.55 Å². The smallest absolute Gasteiger partial charge is 0.328 e. The van der Waals surface area contributed by atoms with Crippen LogP contribution in [0.5, 0.6) is 0 Å². The first-order valence-corrected chi connectivity index (χ1v) is 6.28. The Kier molecular flexibility index (Phi) is 3.79. The Bertz CT molecular complexity index is 592. The molecule has 112 valence electrons. The Labute approximate surface area is 112 Å². The first-order chi connectivity index (χ1) is 9.39. The number of aliphatic hydroxyl groups excluding tert-OH is 2. The van der Waals surface area contributed by atoms with Crippen molar-refractivity contribution in [3.8, 4) is 0 Å². The van der Waals surface area contributed by atoms with Crippen LogP contribution < -0.4 is 11.2 Å². The van der Waals surface area contributed by atoms with Gasteiger partial charge in [-0.15, -0.1) is 0 Å². The fourth-order valence-corrected chi connectivity index (χ4v) is 2.62. The van der Waals surface area contributed by atoms with Gasteiger partial charge in [-0.1, -0.05) is 0 Å². The van der Waals surface area contributed by atoms with Crippen LogP contribution in [0.15, 0.2) is 21.9 Å². The molecule has 0 spiro atoms. The van der Waals surface area contributed by atoms with Gasteiger partial charge in [0.2, 0.25) is 0 Å². The van der Waals surface area contributed by atoms with Gasteiger partial charge in [0.1, 0.15) is 0 Å². The van der Waals surface area contributed by atoms with Crippen LogP contribution in [0, 0.1) is 11.3 Å². The van der Waals surface area contributed by atoms with E-state index in [1.807, 2.05) is 0 Å². The zero-order valence-electron chi connectivity index (χ0n) is 10.7. The molecule has 1 heterocycles. The van der Waals surface area contributed by atoms with E-state index in [1.54, 1.807) is 0 Å². The van der Waals surface area contributed by atoms with Crippen LogP contribution in [0.25, 0.3) is 0 Å². The van der Waals surface area contributed by atoms with Gasteiger partial charge in [0.25, 0.3) is 11.5 Å². The molecule has 2 rings (SSSR count). The fourth-order valence-electron chi connectivity index (χ4n) is 2.62. The molecule has 0 bridgehead atoms. The Morgan fingerprint density at radius 3 is 2.45 bits per heavy atom. The van der Waals surface area contributed by atoms with Gasteiger partial charge in [-0.2, -0.15) is 0 Å². The van der Waals surface area contributed by atoms with Crippen molar-refractivity contribution in [3.05, 3.63) is 33.1 Å². The molecule has 0 amide bonds. The maximum Gasteiger partial charge on any atom is 0.328 e. The second kappa shape index (κ2) is 5.10. The van der Waals surface area contributed by atoms with Gasteiger partial charge in [-0.25, -0.2) is 13.6 Å². The number of rotatable bonds is 6. The second-order valence-corrected chi connectivity index (χ2v) is 5.09. The summed E-state index contributed by atoms with van der Waals surface area (Å²) < 4.78 is 28.3. The zero-order valence-corrected chi connectivity index (χ0v) is 10.7. The van der Waals surface area contributed by atoms with E-state index in [0.29, 0.717) is 0 Å². The number of alkyl halides is 2. The molecule has 1 aliphatic carbocycles. The summed E-state index contributed by atoms with van der Waals surface area (Å²) >= 11 is 0. The van der Waals surface area contributed by atoms with E-state index in [4.69, 9.17) is 10.2 Å². The minimum Gasteiger partial charge on any atom is -0.395 e. The average Bonchev–Trinajstić information content (AvgIpc) is 2.88. The molecule has 6 nitrogen and oxygen atoms in total. The highest BCUT2D eigenvalue weighted by Gasteiger charge is 2.79. The minimum absolute atomic E-state index is 0.0830. The molecule has 1 aromatic rings. The lowest BCUT2D eigenvalue weighted by Gasteiger charge is -2.08. The van der Waals surface area contributed by atoms with Crippen molar-refractivity contribution in [1.29, 1.82) is 0 Å². The topological polar surface area (TPSA) is 95.3 Å². The minimum atomic E-state index is -3.08. The van der Waals surface area contributed by atoms with E-state index >= 15 is 0 Å². The Morgan fingerprint density at radius 1 is 1.30 bits per heavy atom. The van der Waals surface area contributed by atoms with Gasteiger partial charge in [-0.3, -0.25) is 9.78 Å². The van der Waals surface area contributed by atoms with Gasteiger partial charge in [0, 0.05) is 24.7 Å². The van der Waals surface area contributed by atoms with E-state index in [0.717, 1.165) is 0 Å². The summed E-state index contributed by atoms with van der Waals surface area (Å²) in [7, 11) is 0. The summed E-state index contributed by atoms with van der Waals surface area (Å²) in [5.41, 5.74) is -2.83. The first-order valence-electron chi connectivity index (χ1n) is 6.28. The second-order valence-electron chi connectivity index (χ2n) is 5.09. The Balaban J connectivity index is 1.95. The highest BCUT2D eigenvalue weighted by Crippen LogP contribution is 2.67. The van der Waals surface area contributed by atoms with Crippen LogP contribution in [0.4, 0.5) is 8.78 Å². The maximum absolute atomic E-state index is 13.5. The molecule has 1 saturated carbocycles. The number of aromatic nitrogens is 2. The van der Waals surface area contributed by atoms with Gasteiger partial charge in [-0.05, 0) is 12.8 Å². The monoisotopic (exact) mass is 290 g/mol. The molecule has 1 unspecified atom stereocenters. The molecule has 1 atom stereocenters. The van der Waals surface area contributed by atoms with E-state index in [2.05, 4.69) is 4.98 Å². The first kappa shape index (κ1) is 14.9. The Hall–Kier alpha value is -1.54. The lowest BCUT2D eigenvalue weighted by atomic mass is 10.0. The summed E-state index contributed by atoms with van der Waals surface area (Å²) in [6.45, 7) is -1.34. The van der Waals surface area contributed by atoms with Crippen LogP contribution in [-0.4, -0.2) is 38.9 Å². The van der Waals surface area contributed by atoms with E-state index in [1.165, 1.54) is 16.8 Å². The molecule has 1 fully saturated rings. The maximum atomic E-state index is 13.5. The lowest BCUT2D eigenvalue weighted by molar-refractivity contribution is 0.00816. The number of nitrogens with one attached hydrogen (secondary N) is 1. The van der Waals surface area contributed by atoms with Crippen molar-refractivity contribution in [2.75, 3.05) is 13.2 Å². The van der Waals surface area contributed by atoms with Crippen LogP contribution >= 0.6 is 0 Å². The van der Waals surface area contributed by atoms with Crippen LogP contribution in [0.1, 0.15) is 12.8 Å². The van der Waals surface area contributed by atoms with E-state index < -0.39 is 41.7 Å². The lowest BCUT2D eigenvalue weighted by Crippen LogP contribution is -2.28. The highest BCUT2D eigenvalue weighted by molar-refractivity contribution is 5.17. The normalized spacial score (nSPS) is 22.7. The number of hydrogen-bond acceptors (Lipinski definition) is 4. The number of aliphatic hydroxyl groups is 2. The van der Waals surface area contributed by atoms with Crippen molar-refractivity contribution in [3.63, 3.8) is 0 Å². The molecule has 0 radical (unpaired) electrons. The number of aromatic amines is 1. The van der Waals surface area contributed by atoms with Gasteiger partial charge >= 0.3 is 5.69 Å². The van der Waals surface area contributed by atoms with Crippen LogP contribution in [-0.2, 0) is 6.54 Å². The van der Waals surface area contributed by atoms with Crippen molar-refractivity contribution in [2.24, 2.45) is 11.3 Å². The standard InChI is InChI=1S/C12H16F2N2O4/c13-12(14)8(11(12,6-17)7-18)2-1-4-16-5-3-9(19)15-10(16)20/h3,5,8,17-18H,1-2,4,6-7H2,(H,15,19,20). The number of aryl methyl sites for hydroxylation is 1. The molecule has 3 N–H and O–H groups in total. The predicted molar refractivity (Wildman–Crippen MR) is 65.6 cm³/mol. The van der Waals surface area contributed by atoms with Crippen molar-refractivity contribution < 1.29 is 19.0 Å². The summed E-state index contributed by atoms with van der Waals surface area (Å²) in [5.74, 6) is -4.16. The van der Waals surface area contributed by atoms with Gasteiger partial charge < -0.3 is 14.8 Å². The summed E-state index contributed by atoms with van der Waals surface area (Å²) in [6.07, 6.45) is 1.67. The highest BCUT2D eigenvalue weighted by atomic mass is 19.3. The van der Waals surface area contributed by atoms with Crippen molar-refractivity contribution >= 4 is 0 Å². The zero-order chi connectivity index (χ0) is 15.0. The van der Waals surface area contributed by atoms with E-state index in [9.17, 15) is 18.4 Å². The van der Waals surface area contributed by atoms with Gasteiger partial charge in [0.15, 0.2) is 0 Å². The number of nitrogens with zero attached hydrogens (tertiary/aromatic N) is 1. The molecule has 1 aliphatic rings. The molecule has 0 saturated heterocycles. The largest absolute Gasteiger partial charge is 0.395 e. The third kappa shape index (κ3) is 2.18. The van der Waals surface area contributed by atoms with Crippen LogP contribution in [0.2, 0.25) is 0 Å². The molecule has 0 aliphatic heterocycles. The fraction of sp³-hybridized carbons (Fsp3) is 0.667. The molecule has 8 heteroatoms. The van der Waals surface area contributed by atoms with E-state index in [-0.39, 0.29) is 19.4 Å². The number of halogens is 2. The molecule has 1 aromatic heterocycles. The summed E-state index contributed by atoms with van der Waals surface area (Å²) in [5, 5.41) is 18.0. The molecular formula is C12H16F2N2O4. The molecular weight excluding hydrogens is 274 g/mol. The quantitative estimate of drug-likeness (QED) is 0.661. The summed E-state index contributed by atoms with van der Waals surface area (Å²) in [4.78, 5) is 24.3. The van der Waals surface area contributed by atoms with Crippen LogP contribution in [0.3, 0.4) is 0 Å². The van der Waals surface area contributed by atoms with Crippen molar-refractivity contribution in [2.45, 2.75) is 25.3 Å². The number of hydrogen-bond donors (Lipinski definition) is 3.